The highest BCUT2D eigenvalue weighted by Crippen LogP contribution is 2.29. The Balaban J connectivity index is 1.67. The highest BCUT2D eigenvalue weighted by atomic mass is 16.5. The second-order valence-electron chi connectivity index (χ2n) is 8.17. The van der Waals surface area contributed by atoms with E-state index < -0.39 is 5.54 Å². The van der Waals surface area contributed by atoms with Crippen molar-refractivity contribution >= 4 is 5.91 Å². The Labute approximate surface area is 168 Å². The zero-order valence-corrected chi connectivity index (χ0v) is 17.6. The molecule has 2 fully saturated rings. The lowest BCUT2D eigenvalue weighted by atomic mass is 9.87. The average Bonchev–Trinajstić information content (AvgIpc) is 2.70. The van der Waals surface area contributed by atoms with Crippen LogP contribution in [-0.2, 0) is 16.0 Å². The van der Waals surface area contributed by atoms with Crippen LogP contribution in [0.4, 0.5) is 0 Å². The second kappa shape index (κ2) is 8.60. The van der Waals surface area contributed by atoms with Crippen LogP contribution in [0.15, 0.2) is 12.1 Å². The average molecular weight is 385 g/mol. The van der Waals surface area contributed by atoms with Crippen LogP contribution in [0.2, 0.25) is 0 Å². The van der Waals surface area contributed by atoms with Crippen molar-refractivity contribution in [2.45, 2.75) is 45.6 Å². The van der Waals surface area contributed by atoms with E-state index in [0.717, 1.165) is 56.1 Å². The van der Waals surface area contributed by atoms with Crippen LogP contribution < -0.4 is 0 Å². The molecule has 0 unspecified atom stereocenters. The maximum Gasteiger partial charge on any atom is 0.228 e. The van der Waals surface area contributed by atoms with Crippen LogP contribution in [-0.4, -0.2) is 72.8 Å². The summed E-state index contributed by atoms with van der Waals surface area (Å²) >= 11 is 0. The number of aryl methyl sites for hydroxylation is 3. The molecular formula is C22H32N4O2. The molecular weight excluding hydrogens is 352 g/mol. The fraction of sp³-hybridized carbons (Fsp3) is 0.636. The molecule has 1 amide bonds. The number of piperidine rings is 1. The summed E-state index contributed by atoms with van der Waals surface area (Å²) in [5, 5.41) is 14.6. The summed E-state index contributed by atoms with van der Waals surface area (Å²) in [7, 11) is 1.80. The molecule has 0 bridgehead atoms. The van der Waals surface area contributed by atoms with Crippen LogP contribution in [0, 0.1) is 32.1 Å². The van der Waals surface area contributed by atoms with Gasteiger partial charge in [0.05, 0.1) is 25.7 Å². The number of likely N-dealkylation sites (N-methyl/N-ethyl adjacent to an activating group) is 1. The summed E-state index contributed by atoms with van der Waals surface area (Å²) in [6, 6.07) is 6.72. The lowest BCUT2D eigenvalue weighted by Gasteiger charge is -2.46. The molecule has 6 heteroatoms. The quantitative estimate of drug-likeness (QED) is 0.797. The Kier molecular flexibility index (Phi) is 6.39. The van der Waals surface area contributed by atoms with Crippen molar-refractivity contribution in [3.63, 3.8) is 0 Å². The van der Waals surface area contributed by atoms with Gasteiger partial charge < -0.3 is 9.64 Å². The fourth-order valence-corrected chi connectivity index (χ4v) is 4.50. The van der Waals surface area contributed by atoms with E-state index in [9.17, 15) is 10.1 Å². The van der Waals surface area contributed by atoms with E-state index in [4.69, 9.17) is 4.74 Å². The fourth-order valence-electron chi connectivity index (χ4n) is 4.50. The van der Waals surface area contributed by atoms with Gasteiger partial charge in [0.2, 0.25) is 5.91 Å². The Bertz CT molecular complexity index is 733. The minimum atomic E-state index is -0.716. The lowest BCUT2D eigenvalue weighted by Crippen LogP contribution is -2.59. The van der Waals surface area contributed by atoms with Crippen LogP contribution >= 0.6 is 0 Å². The van der Waals surface area contributed by atoms with Crippen molar-refractivity contribution in [3.8, 4) is 6.07 Å². The lowest BCUT2D eigenvalue weighted by molar-refractivity contribution is -0.140. The highest BCUT2D eigenvalue weighted by molar-refractivity contribution is 5.80. The van der Waals surface area contributed by atoms with Gasteiger partial charge >= 0.3 is 0 Å². The number of rotatable bonds is 4. The van der Waals surface area contributed by atoms with Crippen LogP contribution in [0.1, 0.15) is 35.1 Å². The third kappa shape index (κ3) is 4.22. The number of morpholine rings is 1. The standard InChI is InChI=1S/C22H32N4O2/c1-17-13-18(2)20(19(3)14-17)15-21(27)24(4)22(16-23)5-7-25(8-6-22)26-9-11-28-12-10-26/h13-14H,5-12,15H2,1-4H3. The molecule has 0 N–H and O–H groups in total. The van der Waals surface area contributed by atoms with E-state index in [2.05, 4.69) is 49.0 Å². The number of nitrogens with zero attached hydrogens (tertiary/aromatic N) is 4. The summed E-state index contributed by atoms with van der Waals surface area (Å²) in [5.74, 6) is 0.0245. The molecule has 6 nitrogen and oxygen atoms in total. The number of carbonyl (C=O) groups excluding carboxylic acids is 1. The number of amides is 1. The van der Waals surface area contributed by atoms with Gasteiger partial charge in [-0.1, -0.05) is 17.7 Å². The molecule has 0 aliphatic carbocycles. The van der Waals surface area contributed by atoms with Gasteiger partial charge in [-0.25, -0.2) is 10.0 Å². The molecule has 0 spiro atoms. The van der Waals surface area contributed by atoms with Crippen molar-refractivity contribution in [1.82, 2.24) is 14.9 Å². The first kappa shape index (κ1) is 20.8. The molecule has 28 heavy (non-hydrogen) atoms. The molecule has 3 rings (SSSR count). The number of ether oxygens (including phenoxy) is 1. The third-order valence-electron chi connectivity index (χ3n) is 6.35. The second-order valence-corrected chi connectivity index (χ2v) is 8.17. The van der Waals surface area contributed by atoms with Gasteiger partial charge in [-0.2, -0.15) is 5.26 Å². The zero-order chi connectivity index (χ0) is 20.3. The Morgan fingerprint density at radius 3 is 2.18 bits per heavy atom. The predicted molar refractivity (Wildman–Crippen MR) is 109 cm³/mol. The zero-order valence-electron chi connectivity index (χ0n) is 17.6. The van der Waals surface area contributed by atoms with Crippen molar-refractivity contribution in [1.29, 1.82) is 5.26 Å². The maximum atomic E-state index is 13.1. The van der Waals surface area contributed by atoms with E-state index in [-0.39, 0.29) is 5.91 Å². The molecule has 2 aliphatic heterocycles. The maximum absolute atomic E-state index is 13.1. The Morgan fingerprint density at radius 1 is 1.11 bits per heavy atom. The first-order valence-electron chi connectivity index (χ1n) is 10.2. The Morgan fingerprint density at radius 2 is 1.64 bits per heavy atom. The molecule has 1 aromatic carbocycles. The normalized spacial score (nSPS) is 20.5. The number of benzene rings is 1. The summed E-state index contributed by atoms with van der Waals surface area (Å²) in [5.41, 5.74) is 3.87. The van der Waals surface area contributed by atoms with Crippen molar-refractivity contribution in [2.75, 3.05) is 46.4 Å². The molecule has 152 valence electrons. The molecule has 0 radical (unpaired) electrons. The SMILES string of the molecule is Cc1cc(C)c(CC(=O)N(C)C2(C#N)CCN(N3CCOCC3)CC2)c(C)c1. The van der Waals surface area contributed by atoms with Gasteiger partial charge in [0.1, 0.15) is 5.54 Å². The van der Waals surface area contributed by atoms with E-state index in [1.807, 2.05) is 0 Å². The highest BCUT2D eigenvalue weighted by Gasteiger charge is 2.42. The van der Waals surface area contributed by atoms with Gasteiger partial charge in [0, 0.05) is 33.2 Å². The van der Waals surface area contributed by atoms with Gasteiger partial charge in [-0.05, 0) is 50.3 Å². The van der Waals surface area contributed by atoms with Crippen molar-refractivity contribution < 1.29 is 9.53 Å². The molecule has 2 aliphatic rings. The first-order valence-corrected chi connectivity index (χ1v) is 10.2. The van der Waals surface area contributed by atoms with Gasteiger partial charge in [-0.3, -0.25) is 4.79 Å². The monoisotopic (exact) mass is 384 g/mol. The first-order chi connectivity index (χ1) is 13.4. The minimum Gasteiger partial charge on any atom is -0.379 e. The Hall–Kier alpha value is -1.94. The smallest absolute Gasteiger partial charge is 0.228 e. The molecule has 0 saturated carbocycles. The van der Waals surface area contributed by atoms with Crippen molar-refractivity contribution in [2.24, 2.45) is 0 Å². The summed E-state index contributed by atoms with van der Waals surface area (Å²) in [6.07, 6.45) is 1.70. The summed E-state index contributed by atoms with van der Waals surface area (Å²) in [6.45, 7) is 11.1. The number of hydrogen-bond donors (Lipinski definition) is 0. The minimum absolute atomic E-state index is 0.0245. The predicted octanol–water partition coefficient (Wildman–Crippen LogP) is 2.22. The topological polar surface area (TPSA) is 59.8 Å². The number of carbonyl (C=O) groups is 1. The van der Waals surface area contributed by atoms with E-state index >= 15 is 0 Å². The van der Waals surface area contributed by atoms with Gasteiger partial charge in [-0.15, -0.1) is 0 Å². The van der Waals surface area contributed by atoms with Gasteiger partial charge in [0.15, 0.2) is 0 Å². The van der Waals surface area contributed by atoms with E-state index in [1.165, 1.54) is 5.56 Å². The third-order valence-corrected chi connectivity index (χ3v) is 6.35. The molecule has 1 aromatic rings. The summed E-state index contributed by atoms with van der Waals surface area (Å²) < 4.78 is 5.43. The number of hydrogen-bond acceptors (Lipinski definition) is 5. The van der Waals surface area contributed by atoms with Crippen LogP contribution in [0.25, 0.3) is 0 Å². The molecule has 0 atom stereocenters. The van der Waals surface area contributed by atoms with E-state index in [1.54, 1.807) is 11.9 Å². The van der Waals surface area contributed by atoms with Crippen LogP contribution in [0.3, 0.4) is 0 Å². The molecule has 2 heterocycles. The molecule has 0 aromatic heterocycles. The van der Waals surface area contributed by atoms with E-state index in [0.29, 0.717) is 19.3 Å². The summed E-state index contributed by atoms with van der Waals surface area (Å²) in [4.78, 5) is 14.8. The van der Waals surface area contributed by atoms with Crippen molar-refractivity contribution in [3.05, 3.63) is 34.4 Å². The number of hydrazine groups is 1. The number of nitriles is 1. The molecule has 2 saturated heterocycles. The largest absolute Gasteiger partial charge is 0.379 e. The van der Waals surface area contributed by atoms with Crippen LogP contribution in [0.5, 0.6) is 0 Å². The van der Waals surface area contributed by atoms with Gasteiger partial charge in [0.25, 0.3) is 0 Å².